The van der Waals surface area contributed by atoms with Crippen molar-refractivity contribution in [2.75, 3.05) is 7.11 Å². The number of hydrogen-bond donors (Lipinski definition) is 0. The molecule has 0 atom stereocenters. The van der Waals surface area contributed by atoms with Gasteiger partial charge in [0.15, 0.2) is 0 Å². The topological polar surface area (TPSA) is 9.23 Å². The van der Waals surface area contributed by atoms with Crippen LogP contribution in [-0.4, -0.2) is 7.11 Å². The molecule has 0 N–H and O–H groups in total. The van der Waals surface area contributed by atoms with Crippen molar-refractivity contribution in [3.63, 3.8) is 0 Å². The van der Waals surface area contributed by atoms with E-state index in [1.807, 2.05) is 18.2 Å². The minimum Gasteiger partial charge on any atom is -0.496 e. The highest BCUT2D eigenvalue weighted by Gasteiger charge is 2.06. The lowest BCUT2D eigenvalue weighted by Gasteiger charge is -2.10. The van der Waals surface area contributed by atoms with Gasteiger partial charge in [-0.1, -0.05) is 46.9 Å². The molecule has 0 aromatic heterocycles. The normalized spacial score (nSPS) is 10.3. The second kappa shape index (κ2) is 6.04. The summed E-state index contributed by atoms with van der Waals surface area (Å²) in [6, 6.07) is 14.7. The van der Waals surface area contributed by atoms with Crippen LogP contribution >= 0.6 is 45.2 Å². The lowest BCUT2D eigenvalue weighted by molar-refractivity contribution is 0.416. The second-order valence-electron chi connectivity index (χ2n) is 3.64. The first-order valence-corrected chi connectivity index (χ1v) is 7.84. The monoisotopic (exact) mass is 450 g/mol. The van der Waals surface area contributed by atoms with Gasteiger partial charge in [0.2, 0.25) is 0 Å². The van der Waals surface area contributed by atoms with Gasteiger partial charge in [-0.25, -0.2) is 0 Å². The molecule has 2 aromatic carbocycles. The molecule has 88 valence electrons. The molecular formula is C14H12I2O. The van der Waals surface area contributed by atoms with E-state index >= 15 is 0 Å². The third-order valence-corrected chi connectivity index (χ3v) is 4.48. The number of methoxy groups -OCH3 is 1. The number of rotatable bonds is 3. The predicted octanol–water partition coefficient (Wildman–Crippen LogP) is 4.90. The van der Waals surface area contributed by atoms with Gasteiger partial charge >= 0.3 is 0 Å². The van der Waals surface area contributed by atoms with Crippen LogP contribution in [0.4, 0.5) is 0 Å². The van der Waals surface area contributed by atoms with Crippen LogP contribution in [0.5, 0.6) is 5.75 Å². The van der Waals surface area contributed by atoms with E-state index in [1.165, 1.54) is 14.7 Å². The van der Waals surface area contributed by atoms with Crippen molar-refractivity contribution in [3.05, 3.63) is 51.6 Å². The molecule has 2 aromatic rings. The minimum absolute atomic E-state index is 0.924. The highest BCUT2D eigenvalue weighted by atomic mass is 127. The standard InChI is InChI=1S/C14H12I2O/c1-17-14-5-3-2-4-12(14)10-6-7-13(16)11(8-10)9-15/h2-8H,9H2,1H3. The molecule has 2 rings (SSSR count). The molecule has 3 heteroatoms. The maximum Gasteiger partial charge on any atom is 0.126 e. The molecule has 0 saturated heterocycles. The molecule has 0 spiro atoms. The van der Waals surface area contributed by atoms with Crippen molar-refractivity contribution < 1.29 is 4.74 Å². The van der Waals surface area contributed by atoms with Crippen molar-refractivity contribution in [3.8, 4) is 16.9 Å². The quantitative estimate of drug-likeness (QED) is 0.478. The average molecular weight is 450 g/mol. The lowest BCUT2D eigenvalue weighted by atomic mass is 10.0. The minimum atomic E-state index is 0.924. The van der Waals surface area contributed by atoms with Crippen LogP contribution in [0.25, 0.3) is 11.1 Å². The zero-order chi connectivity index (χ0) is 12.3. The summed E-state index contributed by atoms with van der Waals surface area (Å²) in [5, 5.41) is 0. The van der Waals surface area contributed by atoms with Gasteiger partial charge in [-0.2, -0.15) is 0 Å². The Bertz CT molecular complexity index is 523. The van der Waals surface area contributed by atoms with Gasteiger partial charge in [0.1, 0.15) is 5.75 Å². The Morgan fingerprint density at radius 3 is 2.59 bits per heavy atom. The molecule has 1 nitrogen and oxygen atoms in total. The van der Waals surface area contributed by atoms with Crippen LogP contribution in [0.2, 0.25) is 0 Å². The van der Waals surface area contributed by atoms with E-state index in [0.717, 1.165) is 15.7 Å². The molecule has 0 heterocycles. The van der Waals surface area contributed by atoms with Crippen molar-refractivity contribution >= 4 is 45.2 Å². The Hall–Kier alpha value is -0.300. The predicted molar refractivity (Wildman–Crippen MR) is 88.9 cm³/mol. The van der Waals surface area contributed by atoms with E-state index in [4.69, 9.17) is 4.74 Å². The molecule has 0 radical (unpaired) electrons. The largest absolute Gasteiger partial charge is 0.496 e. The van der Waals surface area contributed by atoms with Gasteiger partial charge in [-0.05, 0) is 51.9 Å². The molecule has 0 fully saturated rings. The summed E-state index contributed by atoms with van der Waals surface area (Å²) < 4.78 is 7.74. The fourth-order valence-corrected chi connectivity index (χ4v) is 3.61. The average Bonchev–Trinajstić information content (AvgIpc) is 2.39. The smallest absolute Gasteiger partial charge is 0.126 e. The number of hydrogen-bond acceptors (Lipinski definition) is 1. The number of halogens is 2. The third kappa shape index (κ3) is 2.93. The van der Waals surface area contributed by atoms with E-state index in [0.29, 0.717) is 0 Å². The van der Waals surface area contributed by atoms with Gasteiger partial charge < -0.3 is 4.74 Å². The van der Waals surface area contributed by atoms with E-state index in [2.05, 4.69) is 69.4 Å². The van der Waals surface area contributed by atoms with Crippen molar-refractivity contribution in [1.82, 2.24) is 0 Å². The first kappa shape index (κ1) is 13.1. The molecule has 0 aliphatic heterocycles. The summed E-state index contributed by atoms with van der Waals surface area (Å²) in [7, 11) is 1.71. The molecule has 0 saturated carbocycles. The van der Waals surface area contributed by atoms with Crippen molar-refractivity contribution in [2.45, 2.75) is 4.43 Å². The summed E-state index contributed by atoms with van der Waals surface area (Å²) >= 11 is 4.78. The molecule has 17 heavy (non-hydrogen) atoms. The number of para-hydroxylation sites is 1. The molecule has 0 amide bonds. The first-order valence-electron chi connectivity index (χ1n) is 5.24. The van der Waals surface area contributed by atoms with E-state index in [9.17, 15) is 0 Å². The summed E-state index contributed by atoms with van der Waals surface area (Å²) in [4.78, 5) is 0. The highest BCUT2D eigenvalue weighted by molar-refractivity contribution is 14.1. The number of alkyl halides is 1. The summed E-state index contributed by atoms with van der Waals surface area (Å²) in [6.07, 6.45) is 0. The number of benzene rings is 2. The summed E-state index contributed by atoms with van der Waals surface area (Å²) in [6.45, 7) is 0. The summed E-state index contributed by atoms with van der Waals surface area (Å²) in [5.41, 5.74) is 3.74. The van der Waals surface area contributed by atoms with Crippen LogP contribution < -0.4 is 4.74 Å². The van der Waals surface area contributed by atoms with Crippen LogP contribution in [0.15, 0.2) is 42.5 Å². The van der Waals surface area contributed by atoms with Crippen LogP contribution in [0.3, 0.4) is 0 Å². The Kier molecular flexibility index (Phi) is 4.67. The summed E-state index contributed by atoms with van der Waals surface area (Å²) in [5.74, 6) is 0.924. The third-order valence-electron chi connectivity index (χ3n) is 2.61. The SMILES string of the molecule is COc1ccccc1-c1ccc(I)c(CI)c1. The van der Waals surface area contributed by atoms with Gasteiger partial charge in [0, 0.05) is 13.6 Å². The highest BCUT2D eigenvalue weighted by Crippen LogP contribution is 2.31. The van der Waals surface area contributed by atoms with Crippen LogP contribution in [-0.2, 0) is 4.43 Å². The van der Waals surface area contributed by atoms with Crippen molar-refractivity contribution in [2.24, 2.45) is 0 Å². The molecule has 0 bridgehead atoms. The Morgan fingerprint density at radius 1 is 1.12 bits per heavy atom. The first-order chi connectivity index (χ1) is 8.26. The fraction of sp³-hybridized carbons (Fsp3) is 0.143. The Labute approximate surface area is 129 Å². The van der Waals surface area contributed by atoms with E-state index < -0.39 is 0 Å². The molecule has 0 aliphatic rings. The van der Waals surface area contributed by atoms with Crippen LogP contribution in [0, 0.1) is 3.57 Å². The molecule has 0 aliphatic carbocycles. The second-order valence-corrected chi connectivity index (χ2v) is 5.57. The Balaban J connectivity index is 2.53. The maximum atomic E-state index is 5.40. The fourth-order valence-electron chi connectivity index (χ4n) is 1.73. The zero-order valence-corrected chi connectivity index (χ0v) is 13.7. The van der Waals surface area contributed by atoms with Gasteiger partial charge in [0.05, 0.1) is 7.11 Å². The van der Waals surface area contributed by atoms with E-state index in [-0.39, 0.29) is 0 Å². The zero-order valence-electron chi connectivity index (χ0n) is 9.41. The van der Waals surface area contributed by atoms with Crippen molar-refractivity contribution in [1.29, 1.82) is 0 Å². The van der Waals surface area contributed by atoms with Gasteiger partial charge in [0.25, 0.3) is 0 Å². The van der Waals surface area contributed by atoms with Crippen LogP contribution in [0.1, 0.15) is 5.56 Å². The Morgan fingerprint density at radius 2 is 1.88 bits per heavy atom. The van der Waals surface area contributed by atoms with E-state index in [1.54, 1.807) is 7.11 Å². The lowest BCUT2D eigenvalue weighted by Crippen LogP contribution is -1.90. The molecular weight excluding hydrogens is 438 g/mol. The van der Waals surface area contributed by atoms with Gasteiger partial charge in [-0.15, -0.1) is 0 Å². The van der Waals surface area contributed by atoms with Gasteiger partial charge in [-0.3, -0.25) is 0 Å². The number of ether oxygens (including phenoxy) is 1. The maximum absolute atomic E-state index is 5.40. The molecule has 0 unspecified atom stereocenters.